The summed E-state index contributed by atoms with van der Waals surface area (Å²) >= 11 is 0. The number of nitrogens with one attached hydrogen (secondary N) is 1. The summed E-state index contributed by atoms with van der Waals surface area (Å²) in [6.45, 7) is -3.41. The second-order valence-corrected chi connectivity index (χ2v) is 6.86. The highest BCUT2D eigenvalue weighted by molar-refractivity contribution is 6.00. The van der Waals surface area contributed by atoms with Gasteiger partial charge in [0.1, 0.15) is 5.75 Å². The highest BCUT2D eigenvalue weighted by Gasteiger charge is 2.45. The lowest BCUT2D eigenvalue weighted by Gasteiger charge is -2.30. The van der Waals surface area contributed by atoms with Crippen LogP contribution in [-0.2, 0) is 20.8 Å². The van der Waals surface area contributed by atoms with E-state index in [0.717, 1.165) is 14.2 Å². The van der Waals surface area contributed by atoms with Crippen molar-refractivity contribution in [1.29, 1.82) is 0 Å². The van der Waals surface area contributed by atoms with Crippen LogP contribution in [0.2, 0.25) is 0 Å². The first-order valence-corrected chi connectivity index (χ1v) is 9.52. The maximum Gasteiger partial charge on any atom is 0.408 e. The second-order valence-electron chi connectivity index (χ2n) is 6.86. The number of methoxy groups -OCH3 is 2. The van der Waals surface area contributed by atoms with E-state index >= 15 is 0 Å². The third-order valence-corrected chi connectivity index (χ3v) is 4.73. The summed E-state index contributed by atoms with van der Waals surface area (Å²) in [7, 11) is 2.21. The normalized spacial score (nSPS) is 14.0. The molecule has 0 unspecified atom stereocenters. The highest BCUT2D eigenvalue weighted by Crippen LogP contribution is 2.29. The maximum absolute atomic E-state index is 13.0. The Hall–Kier alpha value is -4.20. The molecule has 1 atom stereocenters. The number of hydrogen-bond acceptors (Lipinski definition) is 7. The van der Waals surface area contributed by atoms with Crippen molar-refractivity contribution < 1.29 is 37.4 Å². The molecule has 0 fully saturated rings. The molecule has 1 aromatic carbocycles. The van der Waals surface area contributed by atoms with E-state index in [1.54, 1.807) is 12.1 Å². The van der Waals surface area contributed by atoms with E-state index < -0.39 is 36.7 Å². The van der Waals surface area contributed by atoms with Crippen LogP contribution >= 0.6 is 0 Å². The zero-order chi connectivity index (χ0) is 24.0. The number of nitrogens with zero attached hydrogens (tertiary/aromatic N) is 2. The van der Waals surface area contributed by atoms with Crippen molar-refractivity contribution in [1.82, 2.24) is 15.2 Å². The fourth-order valence-corrected chi connectivity index (χ4v) is 3.22. The number of alkyl carbamates (subject to hydrolysis) is 1. The van der Waals surface area contributed by atoms with Gasteiger partial charge in [-0.15, -0.1) is 0 Å². The number of carbonyl (C=O) groups excluding carboxylic acids is 3. The first-order chi connectivity index (χ1) is 15.8. The van der Waals surface area contributed by atoms with Gasteiger partial charge in [-0.05, 0) is 29.8 Å². The maximum atomic E-state index is 13.0. The van der Waals surface area contributed by atoms with Crippen molar-refractivity contribution in [2.75, 3.05) is 20.8 Å². The fourth-order valence-electron chi connectivity index (χ4n) is 3.22. The smallest absolute Gasteiger partial charge is 0.408 e. The van der Waals surface area contributed by atoms with Crippen LogP contribution < -0.4 is 10.1 Å². The molecule has 2 aromatic rings. The highest BCUT2D eigenvalue weighted by atomic mass is 19.3. The molecule has 1 N–H and O–H groups in total. The summed E-state index contributed by atoms with van der Waals surface area (Å²) in [6, 6.07) is 7.25. The number of ether oxygens (including phenoxy) is 3. The van der Waals surface area contributed by atoms with Crippen LogP contribution in [0, 0.1) is 11.8 Å². The number of halogens is 2. The quantitative estimate of drug-likeness (QED) is 0.520. The Balaban J connectivity index is 1.97. The number of aromatic nitrogens is 1. The summed E-state index contributed by atoms with van der Waals surface area (Å²) in [5.74, 6) is 3.75. The predicted molar refractivity (Wildman–Crippen MR) is 109 cm³/mol. The average Bonchev–Trinajstić information content (AvgIpc) is 3.11. The average molecular weight is 459 g/mol. The Morgan fingerprint density at radius 3 is 2.70 bits per heavy atom. The van der Waals surface area contributed by atoms with Crippen LogP contribution in [-0.4, -0.2) is 60.8 Å². The van der Waals surface area contributed by atoms with Gasteiger partial charge in [-0.1, -0.05) is 17.9 Å². The van der Waals surface area contributed by atoms with Crippen molar-refractivity contribution in [2.45, 2.75) is 18.7 Å². The number of esters is 1. The van der Waals surface area contributed by atoms with Crippen molar-refractivity contribution in [3.05, 3.63) is 59.4 Å². The number of alkyl halides is 2. The molecule has 2 heterocycles. The zero-order valence-electron chi connectivity index (χ0n) is 17.6. The Kier molecular flexibility index (Phi) is 7.07. The van der Waals surface area contributed by atoms with Gasteiger partial charge in [0.2, 0.25) is 5.54 Å². The van der Waals surface area contributed by atoms with Gasteiger partial charge in [-0.3, -0.25) is 15.1 Å². The van der Waals surface area contributed by atoms with Gasteiger partial charge in [-0.25, -0.2) is 9.59 Å². The molecular formula is C22H19F2N3O6. The first kappa shape index (κ1) is 23.5. The standard InChI is InChI=1S/C22H19F2N3O6/c1-31-19(29)22(26-21(30)32-2,8-7-14-4-3-9-25-11-14)13-27-12-15-5-6-16(33-20(23)24)10-17(15)18(27)28/h3-6,9-11,20H,12-13H2,1-2H3,(H,26,30)/t22-/m0/s1. The molecule has 0 spiro atoms. The van der Waals surface area contributed by atoms with Gasteiger partial charge < -0.3 is 19.1 Å². The van der Waals surface area contributed by atoms with E-state index in [4.69, 9.17) is 4.74 Å². The van der Waals surface area contributed by atoms with Gasteiger partial charge in [0.25, 0.3) is 5.91 Å². The number of benzene rings is 1. The van der Waals surface area contributed by atoms with Crippen LogP contribution in [0.15, 0.2) is 42.7 Å². The summed E-state index contributed by atoms with van der Waals surface area (Å²) in [4.78, 5) is 43.0. The Morgan fingerprint density at radius 1 is 1.27 bits per heavy atom. The molecule has 0 aliphatic carbocycles. The Labute approximate surface area is 187 Å². The molecule has 33 heavy (non-hydrogen) atoms. The third kappa shape index (κ3) is 5.35. The molecule has 1 aliphatic heterocycles. The van der Waals surface area contributed by atoms with Crippen LogP contribution in [0.4, 0.5) is 13.6 Å². The van der Waals surface area contributed by atoms with Crippen molar-refractivity contribution in [3.63, 3.8) is 0 Å². The minimum absolute atomic E-state index is 0.0410. The van der Waals surface area contributed by atoms with E-state index in [1.807, 2.05) is 0 Å². The molecular weight excluding hydrogens is 440 g/mol. The lowest BCUT2D eigenvalue weighted by Crippen LogP contribution is -2.60. The minimum atomic E-state index is -3.05. The Bertz CT molecular complexity index is 1120. The van der Waals surface area contributed by atoms with Crippen molar-refractivity contribution in [2.24, 2.45) is 0 Å². The Morgan fingerprint density at radius 2 is 2.06 bits per heavy atom. The summed E-state index contributed by atoms with van der Waals surface area (Å²) < 4.78 is 38.9. The minimum Gasteiger partial charge on any atom is -0.466 e. The van der Waals surface area contributed by atoms with Crippen LogP contribution in [0.5, 0.6) is 5.75 Å². The largest absolute Gasteiger partial charge is 0.466 e. The molecule has 0 saturated heterocycles. The van der Waals surface area contributed by atoms with E-state index in [9.17, 15) is 23.2 Å². The van der Waals surface area contributed by atoms with E-state index in [1.165, 1.54) is 35.5 Å². The molecule has 0 saturated carbocycles. The summed E-state index contributed by atoms with van der Waals surface area (Å²) in [6.07, 6.45) is 2.02. The lowest BCUT2D eigenvalue weighted by molar-refractivity contribution is -0.146. The first-order valence-electron chi connectivity index (χ1n) is 9.52. The number of amides is 2. The number of carbonyl (C=O) groups is 3. The van der Waals surface area contributed by atoms with Crippen molar-refractivity contribution >= 4 is 18.0 Å². The summed E-state index contributed by atoms with van der Waals surface area (Å²) in [5, 5.41) is 2.37. The van der Waals surface area contributed by atoms with Crippen LogP contribution in [0.1, 0.15) is 21.5 Å². The predicted octanol–water partition coefficient (Wildman–Crippen LogP) is 1.96. The van der Waals surface area contributed by atoms with Gasteiger partial charge in [0, 0.05) is 30.1 Å². The monoisotopic (exact) mass is 459 g/mol. The zero-order valence-corrected chi connectivity index (χ0v) is 17.6. The van der Waals surface area contributed by atoms with Crippen molar-refractivity contribution in [3.8, 4) is 17.6 Å². The number of rotatable bonds is 6. The molecule has 9 nitrogen and oxygen atoms in total. The molecule has 3 rings (SSSR count). The number of pyridine rings is 1. The topological polar surface area (TPSA) is 107 Å². The fraction of sp³-hybridized carbons (Fsp3) is 0.273. The molecule has 0 bridgehead atoms. The molecule has 1 aliphatic rings. The van der Waals surface area contributed by atoms with Crippen LogP contribution in [0.25, 0.3) is 0 Å². The molecule has 0 radical (unpaired) electrons. The van der Waals surface area contributed by atoms with E-state index in [-0.39, 0.29) is 17.9 Å². The van der Waals surface area contributed by atoms with E-state index in [2.05, 4.69) is 31.6 Å². The summed E-state index contributed by atoms with van der Waals surface area (Å²) in [5.41, 5.74) is -0.885. The molecule has 1 aromatic heterocycles. The second kappa shape index (κ2) is 9.95. The van der Waals surface area contributed by atoms with Crippen LogP contribution in [0.3, 0.4) is 0 Å². The lowest BCUT2D eigenvalue weighted by atomic mass is 9.99. The van der Waals surface area contributed by atoms with Gasteiger partial charge in [0.15, 0.2) is 0 Å². The van der Waals surface area contributed by atoms with Gasteiger partial charge in [0.05, 0.1) is 20.8 Å². The van der Waals surface area contributed by atoms with E-state index in [0.29, 0.717) is 11.1 Å². The van der Waals surface area contributed by atoms with Gasteiger partial charge >= 0.3 is 18.7 Å². The third-order valence-electron chi connectivity index (χ3n) is 4.73. The number of hydrogen-bond donors (Lipinski definition) is 1. The molecule has 172 valence electrons. The molecule has 2 amide bonds. The molecule has 11 heteroatoms. The van der Waals surface area contributed by atoms with Gasteiger partial charge in [-0.2, -0.15) is 8.78 Å². The number of fused-ring (bicyclic) bond motifs is 1. The SMILES string of the molecule is COC(=O)N[C@@](C#Cc1cccnc1)(CN1Cc2ccc(OC(F)F)cc2C1=O)C(=O)OC.